The van der Waals surface area contributed by atoms with Crippen LogP contribution >= 0.6 is 0 Å². The van der Waals surface area contributed by atoms with E-state index in [1.165, 1.54) is 19.1 Å². The van der Waals surface area contributed by atoms with Crippen LogP contribution in [0.3, 0.4) is 0 Å². The number of oxazole rings is 1. The van der Waals surface area contributed by atoms with Gasteiger partial charge in [0.05, 0.1) is 27.0 Å². The van der Waals surface area contributed by atoms with Gasteiger partial charge in [0.15, 0.2) is 26.2 Å². The second-order valence-corrected chi connectivity index (χ2v) is 12.7. The largest absolute Gasteiger partial charge is 0.475 e. The number of pyridine rings is 1. The summed E-state index contributed by atoms with van der Waals surface area (Å²) < 4.78 is 82.3. The highest BCUT2D eigenvalue weighted by atomic mass is 32.2. The van der Waals surface area contributed by atoms with Gasteiger partial charge in [-0.1, -0.05) is 31.2 Å². The molecule has 0 bridgehead atoms. The van der Waals surface area contributed by atoms with Crippen LogP contribution < -0.4 is 0 Å². The van der Waals surface area contributed by atoms with Gasteiger partial charge in [0.25, 0.3) is 0 Å². The van der Waals surface area contributed by atoms with Gasteiger partial charge in [-0.3, -0.25) is 0 Å². The number of sulfone groups is 1. The van der Waals surface area contributed by atoms with Crippen molar-refractivity contribution >= 4 is 31.7 Å². The van der Waals surface area contributed by atoms with Crippen molar-refractivity contribution in [2.24, 2.45) is 0 Å². The van der Waals surface area contributed by atoms with Gasteiger partial charge in [-0.2, -0.15) is 18.4 Å². The Morgan fingerprint density at radius 1 is 1.11 bits per heavy atom. The number of alkyl halides is 3. The number of rotatable bonds is 6. The highest BCUT2D eigenvalue weighted by Crippen LogP contribution is 2.48. The van der Waals surface area contributed by atoms with E-state index in [-0.39, 0.29) is 33.3 Å². The van der Waals surface area contributed by atoms with Crippen LogP contribution in [0.4, 0.5) is 13.2 Å². The van der Waals surface area contributed by atoms with Crippen LogP contribution in [0.2, 0.25) is 0 Å². The minimum atomic E-state index is -4.94. The van der Waals surface area contributed by atoms with E-state index in [1.54, 1.807) is 6.92 Å². The average Bonchev–Trinajstić information content (AvgIpc) is 3.58. The van der Waals surface area contributed by atoms with Crippen LogP contribution in [0.1, 0.15) is 31.0 Å². The summed E-state index contributed by atoms with van der Waals surface area (Å²) in [4.78, 5) is 8.05. The standard InChI is InChI=1S/C26H20F3N3O4S2/c1-3-38(34,35)22-13-19(16-4-6-17(7-5-16)25(14-30)10-11-25)15(2)31-23(22)24-32-20-12-18(8-9-21(20)36-24)37(33)26(27,28)29/h4-9,12-13H,3,10-11H2,1-2H3. The predicted octanol–water partition coefficient (Wildman–Crippen LogP) is 5.84. The van der Waals surface area contributed by atoms with E-state index >= 15 is 0 Å². The SMILES string of the molecule is CCS(=O)(=O)c1cc(-c2ccc(C3(C#N)CC3)cc2)c(C)nc1-c1nc2cc(S(=O)C(F)(F)F)ccc2o1. The Morgan fingerprint density at radius 2 is 1.79 bits per heavy atom. The summed E-state index contributed by atoms with van der Waals surface area (Å²) in [7, 11) is -7.09. The minimum absolute atomic E-state index is 0.0134. The first-order chi connectivity index (χ1) is 17.9. The molecular weight excluding hydrogens is 539 g/mol. The molecule has 1 atom stereocenters. The van der Waals surface area contributed by atoms with Crippen molar-refractivity contribution in [3.05, 3.63) is 59.8 Å². The molecule has 1 saturated carbocycles. The summed E-state index contributed by atoms with van der Waals surface area (Å²) >= 11 is 0. The van der Waals surface area contributed by atoms with Crippen molar-refractivity contribution in [3.63, 3.8) is 0 Å². The molecule has 196 valence electrons. The topological polar surface area (TPSA) is 114 Å². The van der Waals surface area contributed by atoms with Crippen molar-refractivity contribution < 1.29 is 30.2 Å². The Morgan fingerprint density at radius 3 is 2.37 bits per heavy atom. The Labute approximate surface area is 218 Å². The normalized spacial score (nSPS) is 15.8. The highest BCUT2D eigenvalue weighted by Gasteiger charge is 2.44. The average molecular weight is 560 g/mol. The summed E-state index contributed by atoms with van der Waals surface area (Å²) in [6.45, 7) is 3.18. The molecule has 0 N–H and O–H groups in total. The van der Waals surface area contributed by atoms with Crippen LogP contribution in [-0.2, 0) is 26.1 Å². The zero-order chi connectivity index (χ0) is 27.5. The van der Waals surface area contributed by atoms with Gasteiger partial charge in [-0.25, -0.2) is 22.6 Å². The monoisotopic (exact) mass is 559 g/mol. The first-order valence-electron chi connectivity index (χ1n) is 11.5. The second-order valence-electron chi connectivity index (χ2n) is 9.01. The molecule has 38 heavy (non-hydrogen) atoms. The predicted molar refractivity (Wildman–Crippen MR) is 134 cm³/mol. The fourth-order valence-electron chi connectivity index (χ4n) is 4.24. The van der Waals surface area contributed by atoms with Crippen LogP contribution in [0, 0.1) is 18.3 Å². The molecule has 2 heterocycles. The first-order valence-corrected chi connectivity index (χ1v) is 14.3. The first kappa shape index (κ1) is 26.1. The zero-order valence-corrected chi connectivity index (χ0v) is 21.8. The van der Waals surface area contributed by atoms with Crippen LogP contribution in [-0.4, -0.2) is 33.9 Å². The van der Waals surface area contributed by atoms with E-state index < -0.39 is 36.5 Å². The highest BCUT2D eigenvalue weighted by molar-refractivity contribution is 7.91. The molecule has 2 aromatic carbocycles. The number of fused-ring (bicyclic) bond motifs is 1. The van der Waals surface area contributed by atoms with Crippen LogP contribution in [0.5, 0.6) is 0 Å². The van der Waals surface area contributed by atoms with Gasteiger partial charge in [0, 0.05) is 11.3 Å². The molecule has 1 unspecified atom stereocenters. The number of halogens is 3. The summed E-state index contributed by atoms with van der Waals surface area (Å²) in [6.07, 6.45) is 1.60. The molecule has 7 nitrogen and oxygen atoms in total. The quantitative estimate of drug-likeness (QED) is 0.291. The molecule has 0 saturated heterocycles. The molecule has 5 rings (SSSR count). The lowest BCUT2D eigenvalue weighted by molar-refractivity contribution is -0.0384. The van der Waals surface area contributed by atoms with E-state index in [0.717, 1.165) is 30.5 Å². The zero-order valence-electron chi connectivity index (χ0n) is 20.2. The Balaban J connectivity index is 1.62. The summed E-state index contributed by atoms with van der Waals surface area (Å²) in [6, 6.07) is 14.4. The molecular formula is C26H20F3N3O4S2. The molecule has 2 aromatic heterocycles. The minimum Gasteiger partial charge on any atom is -0.435 e. The van der Waals surface area contributed by atoms with Gasteiger partial charge in [-0.15, -0.1) is 0 Å². The number of benzene rings is 2. The number of hydrogen-bond acceptors (Lipinski definition) is 7. The van der Waals surface area contributed by atoms with E-state index in [2.05, 4.69) is 16.0 Å². The fourth-order valence-corrected chi connectivity index (χ4v) is 5.95. The summed E-state index contributed by atoms with van der Waals surface area (Å²) in [5.41, 5.74) is -2.73. The third-order valence-corrected chi connectivity index (χ3v) is 9.44. The van der Waals surface area contributed by atoms with Crippen molar-refractivity contribution in [2.45, 2.75) is 47.4 Å². The number of nitriles is 1. The van der Waals surface area contributed by atoms with Crippen LogP contribution in [0.25, 0.3) is 33.8 Å². The van der Waals surface area contributed by atoms with E-state index in [0.29, 0.717) is 16.8 Å². The molecule has 1 fully saturated rings. The van der Waals surface area contributed by atoms with Gasteiger partial charge in [0.2, 0.25) is 5.89 Å². The number of hydrogen-bond donors (Lipinski definition) is 0. The van der Waals surface area contributed by atoms with Crippen LogP contribution in [0.15, 0.2) is 62.7 Å². The Hall–Kier alpha value is -3.56. The number of aromatic nitrogens is 2. The third kappa shape index (κ3) is 4.50. The summed E-state index contributed by atoms with van der Waals surface area (Å²) in [5.74, 6) is -0.417. The fraction of sp³-hybridized carbons (Fsp3) is 0.269. The van der Waals surface area contributed by atoms with Crippen molar-refractivity contribution in [3.8, 4) is 28.8 Å². The van der Waals surface area contributed by atoms with Crippen molar-refractivity contribution in [2.75, 3.05) is 5.75 Å². The second kappa shape index (κ2) is 9.03. The molecule has 1 aliphatic rings. The number of aryl methyl sites for hydroxylation is 1. The molecule has 0 amide bonds. The summed E-state index contributed by atoms with van der Waals surface area (Å²) in [5, 5.41) is 9.46. The smallest absolute Gasteiger partial charge is 0.435 e. The molecule has 0 radical (unpaired) electrons. The molecule has 4 aromatic rings. The van der Waals surface area contributed by atoms with Gasteiger partial charge in [0.1, 0.15) is 11.2 Å². The van der Waals surface area contributed by atoms with E-state index in [9.17, 15) is 31.1 Å². The molecule has 12 heteroatoms. The molecule has 0 aliphatic heterocycles. The number of nitrogens with zero attached hydrogens (tertiary/aromatic N) is 3. The van der Waals surface area contributed by atoms with Gasteiger partial charge < -0.3 is 4.42 Å². The van der Waals surface area contributed by atoms with Gasteiger partial charge >= 0.3 is 5.51 Å². The lowest BCUT2D eigenvalue weighted by Crippen LogP contribution is -2.16. The Kier molecular flexibility index (Phi) is 6.19. The maximum Gasteiger partial charge on any atom is 0.475 e. The molecule has 1 aliphatic carbocycles. The maximum atomic E-state index is 13.1. The Bertz CT molecular complexity index is 1750. The van der Waals surface area contributed by atoms with E-state index in [1.807, 2.05) is 24.3 Å². The van der Waals surface area contributed by atoms with Crippen molar-refractivity contribution in [1.29, 1.82) is 5.26 Å². The lowest BCUT2D eigenvalue weighted by Gasteiger charge is -2.13. The lowest BCUT2D eigenvalue weighted by atomic mass is 9.94. The molecule has 0 spiro atoms. The van der Waals surface area contributed by atoms with E-state index in [4.69, 9.17) is 4.42 Å². The van der Waals surface area contributed by atoms with Gasteiger partial charge in [-0.05, 0) is 55.2 Å². The third-order valence-electron chi connectivity index (χ3n) is 6.59. The maximum absolute atomic E-state index is 13.1. The van der Waals surface area contributed by atoms with Crippen molar-refractivity contribution in [1.82, 2.24) is 9.97 Å².